The van der Waals surface area contributed by atoms with E-state index in [0.29, 0.717) is 0 Å². The molecule has 0 aromatic heterocycles. The summed E-state index contributed by atoms with van der Waals surface area (Å²) in [7, 11) is 0. The van der Waals surface area contributed by atoms with Gasteiger partial charge in [0.2, 0.25) is 0 Å². The molecule has 1 heterocycles. The lowest BCUT2D eigenvalue weighted by Crippen LogP contribution is -2.47. The van der Waals surface area contributed by atoms with Crippen LogP contribution in [-0.2, 0) is 0 Å². The molecule has 20 heavy (non-hydrogen) atoms. The van der Waals surface area contributed by atoms with Crippen LogP contribution in [0.5, 0.6) is 0 Å². The topological polar surface area (TPSA) is 35.5 Å². The van der Waals surface area contributed by atoms with E-state index in [0.717, 1.165) is 37.8 Å². The van der Waals surface area contributed by atoms with Gasteiger partial charge >= 0.3 is 0 Å². The van der Waals surface area contributed by atoms with Crippen LogP contribution in [0.3, 0.4) is 0 Å². The zero-order valence-corrected chi connectivity index (χ0v) is 13.5. The number of aliphatic hydroxyl groups is 1. The Morgan fingerprint density at radius 2 is 1.80 bits per heavy atom. The lowest BCUT2D eigenvalue weighted by Gasteiger charge is -2.40. The van der Waals surface area contributed by atoms with Crippen LogP contribution in [0.15, 0.2) is 0 Å². The van der Waals surface area contributed by atoms with Crippen molar-refractivity contribution in [3.05, 3.63) is 0 Å². The predicted octanol–water partition coefficient (Wildman–Crippen LogP) is 2.64. The first kappa shape index (κ1) is 16.3. The number of rotatable bonds is 6. The van der Waals surface area contributed by atoms with E-state index < -0.39 is 0 Å². The molecular formula is C17H34N2O. The fourth-order valence-corrected chi connectivity index (χ4v) is 3.71. The third-order valence-electron chi connectivity index (χ3n) is 4.99. The van der Waals surface area contributed by atoms with Crippen LogP contribution in [0.25, 0.3) is 0 Å². The maximum atomic E-state index is 10.6. The molecule has 3 heteroatoms. The van der Waals surface area contributed by atoms with Crippen molar-refractivity contribution in [2.75, 3.05) is 32.7 Å². The summed E-state index contributed by atoms with van der Waals surface area (Å²) < 4.78 is 0. The Kier molecular flexibility index (Phi) is 6.31. The second-order valence-electron chi connectivity index (χ2n) is 7.56. The maximum absolute atomic E-state index is 10.6. The van der Waals surface area contributed by atoms with Gasteiger partial charge in [-0.2, -0.15) is 0 Å². The third kappa shape index (κ3) is 5.34. The summed E-state index contributed by atoms with van der Waals surface area (Å²) in [5.74, 6) is 1.58. The molecule has 1 saturated heterocycles. The summed E-state index contributed by atoms with van der Waals surface area (Å²) in [6, 6.07) is 0. The number of β-amino-alcohol motifs (C(OH)–C–C–N with tert-alkyl or cyclic N) is 1. The van der Waals surface area contributed by atoms with E-state index in [1.54, 1.807) is 0 Å². The van der Waals surface area contributed by atoms with Crippen molar-refractivity contribution in [2.45, 2.75) is 64.4 Å². The third-order valence-corrected chi connectivity index (χ3v) is 4.99. The first-order valence-corrected chi connectivity index (χ1v) is 8.73. The van der Waals surface area contributed by atoms with Gasteiger partial charge in [0.1, 0.15) is 0 Å². The molecule has 0 atom stereocenters. The number of nitrogens with zero attached hydrogens (tertiary/aromatic N) is 1. The molecule has 2 N–H and O–H groups in total. The molecule has 2 rings (SSSR count). The van der Waals surface area contributed by atoms with Crippen molar-refractivity contribution in [2.24, 2.45) is 11.8 Å². The van der Waals surface area contributed by atoms with Gasteiger partial charge in [0, 0.05) is 6.54 Å². The van der Waals surface area contributed by atoms with Crippen LogP contribution < -0.4 is 5.32 Å². The molecule has 0 aromatic carbocycles. The lowest BCUT2D eigenvalue weighted by molar-refractivity contribution is -0.0326. The fraction of sp³-hybridized carbons (Fsp3) is 1.00. The van der Waals surface area contributed by atoms with Crippen molar-refractivity contribution >= 4 is 0 Å². The van der Waals surface area contributed by atoms with Crippen molar-refractivity contribution in [1.29, 1.82) is 0 Å². The minimum atomic E-state index is -0.374. The smallest absolute Gasteiger partial charge is 0.0774 e. The molecule has 118 valence electrons. The standard InChI is InChI=1S/C17H34N2O/c1-15(2)12-18-13-16-6-10-19(11-7-16)14-17(20)8-4-3-5-9-17/h15-16,18,20H,3-14H2,1-2H3. The minimum absolute atomic E-state index is 0.374. The molecule has 3 nitrogen and oxygen atoms in total. The molecule has 2 aliphatic rings. The normalized spacial score (nSPS) is 25.2. The molecule has 0 radical (unpaired) electrons. The van der Waals surface area contributed by atoms with Crippen molar-refractivity contribution in [3.63, 3.8) is 0 Å². The molecule has 2 fully saturated rings. The summed E-state index contributed by atoms with van der Waals surface area (Å²) in [5.41, 5.74) is -0.374. The van der Waals surface area contributed by atoms with Crippen LogP contribution in [-0.4, -0.2) is 48.3 Å². The van der Waals surface area contributed by atoms with E-state index in [4.69, 9.17) is 0 Å². The number of hydrogen-bond donors (Lipinski definition) is 2. The predicted molar refractivity (Wildman–Crippen MR) is 84.9 cm³/mol. The zero-order valence-electron chi connectivity index (χ0n) is 13.5. The van der Waals surface area contributed by atoms with Gasteiger partial charge in [0.05, 0.1) is 5.60 Å². The van der Waals surface area contributed by atoms with Gasteiger partial charge in [-0.15, -0.1) is 0 Å². The number of likely N-dealkylation sites (tertiary alicyclic amines) is 1. The quantitative estimate of drug-likeness (QED) is 0.786. The van der Waals surface area contributed by atoms with Gasteiger partial charge in [-0.3, -0.25) is 0 Å². The van der Waals surface area contributed by atoms with Gasteiger partial charge in [0.15, 0.2) is 0 Å². The van der Waals surface area contributed by atoms with E-state index in [-0.39, 0.29) is 5.60 Å². The van der Waals surface area contributed by atoms with Crippen molar-refractivity contribution < 1.29 is 5.11 Å². The summed E-state index contributed by atoms with van der Waals surface area (Å²) >= 11 is 0. The summed E-state index contributed by atoms with van der Waals surface area (Å²) in [4.78, 5) is 2.50. The highest BCUT2D eigenvalue weighted by Crippen LogP contribution is 2.30. The number of nitrogens with one attached hydrogen (secondary N) is 1. The minimum Gasteiger partial charge on any atom is -0.389 e. The van der Waals surface area contributed by atoms with Gasteiger partial charge in [-0.25, -0.2) is 0 Å². The maximum Gasteiger partial charge on any atom is 0.0774 e. The summed E-state index contributed by atoms with van der Waals surface area (Å²) in [6.07, 6.45) is 8.36. The van der Waals surface area contributed by atoms with Gasteiger partial charge in [0.25, 0.3) is 0 Å². The van der Waals surface area contributed by atoms with Crippen LogP contribution >= 0.6 is 0 Å². The SMILES string of the molecule is CC(C)CNCC1CCN(CC2(O)CCCCC2)CC1. The first-order chi connectivity index (χ1) is 9.57. The highest BCUT2D eigenvalue weighted by molar-refractivity contribution is 4.87. The number of piperidine rings is 1. The van der Waals surface area contributed by atoms with E-state index in [2.05, 4.69) is 24.1 Å². The highest BCUT2D eigenvalue weighted by Gasteiger charge is 2.32. The average Bonchev–Trinajstić information content (AvgIpc) is 2.41. The van der Waals surface area contributed by atoms with Crippen LogP contribution in [0.4, 0.5) is 0 Å². The van der Waals surface area contributed by atoms with Crippen LogP contribution in [0, 0.1) is 11.8 Å². The Bertz CT molecular complexity index is 266. The van der Waals surface area contributed by atoms with Gasteiger partial charge in [-0.05, 0) is 63.7 Å². The Morgan fingerprint density at radius 1 is 1.15 bits per heavy atom. The second kappa shape index (κ2) is 7.77. The molecule has 0 spiro atoms. The Balaban J connectivity index is 1.63. The van der Waals surface area contributed by atoms with Gasteiger partial charge in [-0.1, -0.05) is 33.1 Å². The molecule has 0 aromatic rings. The van der Waals surface area contributed by atoms with E-state index >= 15 is 0 Å². The molecule has 0 bridgehead atoms. The van der Waals surface area contributed by atoms with Crippen molar-refractivity contribution in [3.8, 4) is 0 Å². The Labute approximate surface area is 125 Å². The molecule has 1 aliphatic heterocycles. The first-order valence-electron chi connectivity index (χ1n) is 8.73. The van der Waals surface area contributed by atoms with Crippen LogP contribution in [0.1, 0.15) is 58.8 Å². The fourth-order valence-electron chi connectivity index (χ4n) is 3.71. The zero-order chi connectivity index (χ0) is 14.4. The van der Waals surface area contributed by atoms with Crippen LogP contribution in [0.2, 0.25) is 0 Å². The second-order valence-corrected chi connectivity index (χ2v) is 7.56. The molecule has 0 unspecified atom stereocenters. The molecule has 1 aliphatic carbocycles. The van der Waals surface area contributed by atoms with E-state index in [1.807, 2.05) is 0 Å². The largest absolute Gasteiger partial charge is 0.389 e. The Hall–Kier alpha value is -0.120. The monoisotopic (exact) mass is 282 g/mol. The summed E-state index contributed by atoms with van der Waals surface area (Å²) in [6.45, 7) is 10.1. The van der Waals surface area contributed by atoms with Crippen molar-refractivity contribution in [1.82, 2.24) is 10.2 Å². The average molecular weight is 282 g/mol. The summed E-state index contributed by atoms with van der Waals surface area (Å²) in [5, 5.41) is 14.2. The van der Waals surface area contributed by atoms with E-state index in [1.165, 1.54) is 51.7 Å². The highest BCUT2D eigenvalue weighted by atomic mass is 16.3. The number of hydrogen-bond acceptors (Lipinski definition) is 3. The Morgan fingerprint density at radius 3 is 2.40 bits per heavy atom. The molecule has 1 saturated carbocycles. The molecule has 0 amide bonds. The van der Waals surface area contributed by atoms with E-state index in [9.17, 15) is 5.11 Å². The molecular weight excluding hydrogens is 248 g/mol. The van der Waals surface area contributed by atoms with Gasteiger partial charge < -0.3 is 15.3 Å². The lowest BCUT2D eigenvalue weighted by atomic mass is 9.84.